The molecule has 7 nitrogen and oxygen atoms in total. The Kier molecular flexibility index (Phi) is 7.32. The lowest BCUT2D eigenvalue weighted by Crippen LogP contribution is -2.47. The maximum atomic E-state index is 13.8. The number of benzene rings is 1. The fourth-order valence-electron chi connectivity index (χ4n) is 4.49. The lowest BCUT2D eigenvalue weighted by molar-refractivity contribution is -0.120. The van der Waals surface area contributed by atoms with E-state index in [-0.39, 0.29) is 23.4 Å². The van der Waals surface area contributed by atoms with E-state index >= 15 is 0 Å². The Balaban J connectivity index is 1.96. The number of aryl methyl sites for hydroxylation is 2. The minimum absolute atomic E-state index is 0.0889. The Bertz CT molecular complexity index is 1060. The van der Waals surface area contributed by atoms with Gasteiger partial charge in [-0.15, -0.1) is 0 Å². The average molecular weight is 461 g/mol. The minimum atomic E-state index is -3.99. The molecule has 1 heterocycles. The van der Waals surface area contributed by atoms with Crippen molar-refractivity contribution in [3.63, 3.8) is 0 Å². The van der Waals surface area contributed by atoms with Crippen LogP contribution in [0.1, 0.15) is 69.3 Å². The summed E-state index contributed by atoms with van der Waals surface area (Å²) in [5, 5.41) is 7.37. The summed E-state index contributed by atoms with van der Waals surface area (Å²) in [7, 11) is -2.27. The molecule has 0 aliphatic heterocycles. The number of rotatable bonds is 7. The van der Waals surface area contributed by atoms with Crippen molar-refractivity contribution in [1.82, 2.24) is 15.1 Å². The molecule has 0 bridgehead atoms. The van der Waals surface area contributed by atoms with Gasteiger partial charge in [-0.25, -0.2) is 8.42 Å². The minimum Gasteiger partial charge on any atom is -0.352 e. The molecule has 3 rings (SSSR count). The molecule has 2 aromatic rings. The fraction of sp³-hybridized carbons (Fsp3) is 0.583. The predicted molar refractivity (Wildman–Crippen MR) is 127 cm³/mol. The van der Waals surface area contributed by atoms with Gasteiger partial charge in [0.05, 0.1) is 17.1 Å². The number of carbonyl (C=O) groups is 1. The van der Waals surface area contributed by atoms with Gasteiger partial charge in [0.2, 0.25) is 5.91 Å². The van der Waals surface area contributed by atoms with Crippen LogP contribution in [0.2, 0.25) is 0 Å². The highest BCUT2D eigenvalue weighted by Crippen LogP contribution is 2.29. The van der Waals surface area contributed by atoms with Crippen LogP contribution in [0.4, 0.5) is 5.69 Å². The number of carbonyl (C=O) groups excluding carboxylic acids is 1. The molecule has 1 aliphatic rings. The highest BCUT2D eigenvalue weighted by atomic mass is 32.2. The smallest absolute Gasteiger partial charge is 0.268 e. The van der Waals surface area contributed by atoms with Crippen LogP contribution in [0.3, 0.4) is 0 Å². The summed E-state index contributed by atoms with van der Waals surface area (Å²) in [6.07, 6.45) is 4.28. The zero-order valence-corrected chi connectivity index (χ0v) is 20.9. The van der Waals surface area contributed by atoms with E-state index in [2.05, 4.69) is 31.2 Å². The van der Waals surface area contributed by atoms with Crippen molar-refractivity contribution in [2.45, 2.75) is 77.2 Å². The molecule has 176 valence electrons. The van der Waals surface area contributed by atoms with Gasteiger partial charge >= 0.3 is 0 Å². The Morgan fingerprint density at radius 1 is 1.19 bits per heavy atom. The molecule has 0 unspecified atom stereocenters. The van der Waals surface area contributed by atoms with E-state index in [1.807, 2.05) is 12.1 Å². The number of aromatic nitrogens is 2. The van der Waals surface area contributed by atoms with Crippen molar-refractivity contribution in [2.24, 2.45) is 13.0 Å². The van der Waals surface area contributed by atoms with Gasteiger partial charge in [0.25, 0.3) is 10.0 Å². The molecular formula is C24H36N4O3S. The van der Waals surface area contributed by atoms with E-state index in [4.69, 9.17) is 0 Å². The first-order chi connectivity index (χ1) is 15.0. The molecule has 1 amide bonds. The number of nitrogens with one attached hydrogen (secondary N) is 1. The average Bonchev–Trinajstić information content (AvgIpc) is 3.00. The molecule has 32 heavy (non-hydrogen) atoms. The predicted octanol–water partition coefficient (Wildman–Crippen LogP) is 4.05. The van der Waals surface area contributed by atoms with E-state index in [1.54, 1.807) is 37.7 Å². The van der Waals surface area contributed by atoms with Crippen molar-refractivity contribution in [3.05, 3.63) is 41.2 Å². The van der Waals surface area contributed by atoms with Gasteiger partial charge in [0, 0.05) is 13.1 Å². The van der Waals surface area contributed by atoms with Crippen LogP contribution in [0.15, 0.2) is 29.2 Å². The molecule has 0 saturated heterocycles. The van der Waals surface area contributed by atoms with Gasteiger partial charge < -0.3 is 5.32 Å². The van der Waals surface area contributed by atoms with Gasteiger partial charge in [-0.3, -0.25) is 13.8 Å². The van der Waals surface area contributed by atoms with E-state index in [0.717, 1.165) is 24.8 Å². The van der Waals surface area contributed by atoms with Gasteiger partial charge in [0.1, 0.15) is 11.4 Å². The second-order valence-corrected chi connectivity index (χ2v) is 11.1. The number of amides is 1. The lowest BCUT2D eigenvalue weighted by atomic mass is 9.86. The molecule has 1 fully saturated rings. The topological polar surface area (TPSA) is 84.3 Å². The first-order valence-electron chi connectivity index (χ1n) is 11.4. The van der Waals surface area contributed by atoms with Crippen molar-refractivity contribution >= 4 is 21.6 Å². The number of anilines is 1. The first-order valence-corrected chi connectivity index (χ1v) is 12.9. The van der Waals surface area contributed by atoms with E-state index in [9.17, 15) is 13.2 Å². The maximum absolute atomic E-state index is 13.8. The van der Waals surface area contributed by atoms with Crippen LogP contribution in [-0.4, -0.2) is 36.7 Å². The number of hydrogen-bond acceptors (Lipinski definition) is 4. The van der Waals surface area contributed by atoms with Crippen molar-refractivity contribution in [3.8, 4) is 0 Å². The molecule has 1 aromatic heterocycles. The summed E-state index contributed by atoms with van der Waals surface area (Å²) in [5.74, 6) is 0.443. The molecule has 2 atom stereocenters. The summed E-state index contributed by atoms with van der Waals surface area (Å²) in [6, 6.07) is 7.50. The largest absolute Gasteiger partial charge is 0.352 e. The SMILES string of the molecule is Cc1nn(C)c(C)c1S(=O)(=O)N(CC(=O)N[C@H]1CCCC[C@H]1C)c1ccc(C(C)C)cc1. The van der Waals surface area contributed by atoms with E-state index in [1.165, 1.54) is 10.7 Å². The molecule has 1 N–H and O–H groups in total. The molecule has 1 saturated carbocycles. The maximum Gasteiger partial charge on any atom is 0.268 e. The molecule has 1 aromatic carbocycles. The monoisotopic (exact) mass is 460 g/mol. The zero-order valence-electron chi connectivity index (χ0n) is 20.1. The van der Waals surface area contributed by atoms with Crippen LogP contribution < -0.4 is 9.62 Å². The normalized spacial score (nSPS) is 19.2. The van der Waals surface area contributed by atoms with Gasteiger partial charge in [-0.1, -0.05) is 45.7 Å². The van der Waals surface area contributed by atoms with Gasteiger partial charge in [-0.2, -0.15) is 5.10 Å². The van der Waals surface area contributed by atoms with Crippen molar-refractivity contribution < 1.29 is 13.2 Å². The van der Waals surface area contributed by atoms with Crippen molar-refractivity contribution in [1.29, 1.82) is 0 Å². The highest BCUT2D eigenvalue weighted by molar-refractivity contribution is 7.93. The lowest BCUT2D eigenvalue weighted by Gasteiger charge is -2.31. The second kappa shape index (κ2) is 9.65. The summed E-state index contributed by atoms with van der Waals surface area (Å²) < 4.78 is 30.4. The Morgan fingerprint density at radius 2 is 1.81 bits per heavy atom. The third-order valence-corrected chi connectivity index (χ3v) is 8.61. The fourth-order valence-corrected chi connectivity index (χ4v) is 6.32. The van der Waals surface area contributed by atoms with Crippen LogP contribution in [0.5, 0.6) is 0 Å². The summed E-state index contributed by atoms with van der Waals surface area (Å²) in [6.45, 7) is 9.47. The van der Waals surface area contributed by atoms with Crippen molar-refractivity contribution in [2.75, 3.05) is 10.8 Å². The Morgan fingerprint density at radius 3 is 2.34 bits per heavy atom. The number of sulfonamides is 1. The van der Waals surface area contributed by atoms with E-state index in [0.29, 0.717) is 28.9 Å². The third kappa shape index (κ3) is 5.00. The third-order valence-electron chi connectivity index (χ3n) is 6.58. The van der Waals surface area contributed by atoms with Crippen LogP contribution >= 0.6 is 0 Å². The highest BCUT2D eigenvalue weighted by Gasteiger charge is 2.33. The Labute approximate surface area is 192 Å². The Hall–Kier alpha value is -2.35. The van der Waals surface area contributed by atoms with Gasteiger partial charge in [0.15, 0.2) is 0 Å². The number of nitrogens with zero attached hydrogens (tertiary/aromatic N) is 3. The van der Waals surface area contributed by atoms with E-state index < -0.39 is 10.0 Å². The summed E-state index contributed by atoms with van der Waals surface area (Å²) in [5.41, 5.74) is 2.56. The second-order valence-electron chi connectivity index (χ2n) is 9.32. The van der Waals surface area contributed by atoms with Crippen LogP contribution in [0.25, 0.3) is 0 Å². The van der Waals surface area contributed by atoms with Crippen LogP contribution in [-0.2, 0) is 21.9 Å². The quantitative estimate of drug-likeness (QED) is 0.676. The molecule has 0 spiro atoms. The van der Waals surface area contributed by atoms with Crippen LogP contribution in [0, 0.1) is 19.8 Å². The summed E-state index contributed by atoms with van der Waals surface area (Å²) >= 11 is 0. The molecule has 8 heteroatoms. The standard InChI is InChI=1S/C24H36N4O3S/c1-16(2)20-11-13-21(14-12-20)28(15-23(29)25-22-10-8-7-9-17(22)3)32(30,31)24-18(4)26-27(6)19(24)5/h11-14,16-17,22H,7-10,15H2,1-6H3,(H,25,29)/t17-,22+/m1/s1. The number of hydrogen-bond donors (Lipinski definition) is 1. The van der Waals surface area contributed by atoms with Gasteiger partial charge in [-0.05, 0) is 56.2 Å². The first kappa shape index (κ1) is 24.3. The zero-order chi connectivity index (χ0) is 23.6. The molecular weight excluding hydrogens is 424 g/mol. The summed E-state index contributed by atoms with van der Waals surface area (Å²) in [4.78, 5) is 13.2. The molecule has 0 radical (unpaired) electrons. The molecule has 1 aliphatic carbocycles.